The van der Waals surface area contributed by atoms with E-state index in [4.69, 9.17) is 10.5 Å². The highest BCUT2D eigenvalue weighted by Gasteiger charge is 2.14. The van der Waals surface area contributed by atoms with Crippen LogP contribution >= 0.6 is 0 Å². The molecule has 5 aromatic rings. The van der Waals surface area contributed by atoms with Gasteiger partial charge < -0.3 is 20.4 Å². The monoisotopic (exact) mass is 499 g/mol. The van der Waals surface area contributed by atoms with Crippen LogP contribution in [0.3, 0.4) is 0 Å². The lowest BCUT2D eigenvalue weighted by Crippen LogP contribution is -2.23. The zero-order valence-corrected chi connectivity index (χ0v) is 20.5. The van der Waals surface area contributed by atoms with Crippen molar-refractivity contribution in [2.24, 2.45) is 0 Å². The molecule has 3 N–H and O–H groups in total. The Balaban J connectivity index is 1.24. The molecule has 0 aliphatic carbocycles. The van der Waals surface area contributed by atoms with E-state index in [2.05, 4.69) is 20.4 Å². The lowest BCUT2D eigenvalue weighted by Gasteiger charge is -2.12. The van der Waals surface area contributed by atoms with Crippen molar-refractivity contribution in [3.05, 3.63) is 101 Å². The van der Waals surface area contributed by atoms with Gasteiger partial charge in [-0.05, 0) is 41.6 Å². The number of imidazole rings is 1. The molecule has 1 amide bonds. The predicted molar refractivity (Wildman–Crippen MR) is 138 cm³/mol. The number of nitrogens with two attached hydrogens (primary N) is 1. The maximum Gasteiger partial charge on any atom is 0.271 e. The van der Waals surface area contributed by atoms with Crippen LogP contribution in [0.5, 0.6) is 5.75 Å². The summed E-state index contributed by atoms with van der Waals surface area (Å²) in [4.78, 5) is 21.4. The molecule has 3 aromatic heterocycles. The van der Waals surface area contributed by atoms with Gasteiger partial charge in [0.15, 0.2) is 5.82 Å². The van der Waals surface area contributed by atoms with Crippen molar-refractivity contribution in [3.63, 3.8) is 0 Å². The average Bonchev–Trinajstić information content (AvgIpc) is 3.48. The van der Waals surface area contributed by atoms with Gasteiger partial charge in [-0.3, -0.25) is 9.48 Å². The van der Waals surface area contributed by atoms with Crippen LogP contribution in [0.2, 0.25) is 0 Å². The summed E-state index contributed by atoms with van der Waals surface area (Å²) < 4.78 is 22.1. The number of nitrogens with one attached hydrogen (secondary N) is 1. The standard InChI is InChI=1S/C27H26FN7O2/c1-17-33-24(16-34(17)13-18-3-5-19(6-4-18)14-35-15-22(28)12-32-35)27(36)31-11-21-9-20-7-8-30-26(29)23(20)10-25(21)37-2/h3-10,12,15-16H,11,13-14H2,1-2H3,(H2,29,30)(H,31,36). The summed E-state index contributed by atoms with van der Waals surface area (Å²) in [6.07, 6.45) is 5.94. The molecule has 0 saturated carbocycles. The second kappa shape index (κ2) is 10.1. The lowest BCUT2D eigenvalue weighted by molar-refractivity contribution is 0.0946. The molecule has 0 aliphatic rings. The number of ether oxygens (including phenoxy) is 1. The third-order valence-corrected chi connectivity index (χ3v) is 6.17. The van der Waals surface area contributed by atoms with E-state index in [1.165, 1.54) is 12.4 Å². The minimum Gasteiger partial charge on any atom is -0.496 e. The Morgan fingerprint density at radius 2 is 1.86 bits per heavy atom. The fourth-order valence-corrected chi connectivity index (χ4v) is 4.20. The van der Waals surface area contributed by atoms with Gasteiger partial charge in [-0.25, -0.2) is 14.4 Å². The number of methoxy groups -OCH3 is 1. The number of halogens is 1. The molecule has 9 nitrogen and oxygen atoms in total. The fourth-order valence-electron chi connectivity index (χ4n) is 4.20. The zero-order valence-electron chi connectivity index (χ0n) is 20.5. The van der Waals surface area contributed by atoms with Crippen molar-refractivity contribution in [2.45, 2.75) is 26.6 Å². The zero-order chi connectivity index (χ0) is 25.9. The first-order valence-electron chi connectivity index (χ1n) is 11.7. The molecule has 188 valence electrons. The summed E-state index contributed by atoms with van der Waals surface area (Å²) >= 11 is 0. The molecule has 37 heavy (non-hydrogen) atoms. The molecule has 2 aromatic carbocycles. The number of hydrogen-bond donors (Lipinski definition) is 2. The summed E-state index contributed by atoms with van der Waals surface area (Å²) in [7, 11) is 1.58. The Morgan fingerprint density at radius 1 is 1.11 bits per heavy atom. The van der Waals surface area contributed by atoms with Crippen LogP contribution in [0.15, 0.2) is 67.3 Å². The Bertz CT molecular complexity index is 1570. The number of fused-ring (bicyclic) bond motifs is 1. The van der Waals surface area contributed by atoms with E-state index in [0.717, 1.165) is 33.3 Å². The molecule has 3 heterocycles. The van der Waals surface area contributed by atoms with Gasteiger partial charge in [0.1, 0.15) is 23.1 Å². The Hall–Kier alpha value is -4.73. The van der Waals surface area contributed by atoms with Crippen LogP contribution in [0.25, 0.3) is 10.8 Å². The third-order valence-electron chi connectivity index (χ3n) is 6.17. The molecule has 0 spiro atoms. The largest absolute Gasteiger partial charge is 0.496 e. The smallest absolute Gasteiger partial charge is 0.271 e. The Labute approximate surface area is 212 Å². The number of amides is 1. The molecule has 0 unspecified atom stereocenters. The van der Waals surface area contributed by atoms with Gasteiger partial charge in [0, 0.05) is 36.4 Å². The quantitative estimate of drug-likeness (QED) is 0.337. The molecule has 0 radical (unpaired) electrons. The van der Waals surface area contributed by atoms with Crippen molar-refractivity contribution >= 4 is 22.5 Å². The van der Waals surface area contributed by atoms with Crippen LogP contribution in [0.4, 0.5) is 10.2 Å². The number of nitrogens with zero attached hydrogens (tertiary/aromatic N) is 5. The number of aryl methyl sites for hydroxylation is 1. The molecule has 10 heteroatoms. The van der Waals surface area contributed by atoms with Gasteiger partial charge in [-0.2, -0.15) is 5.10 Å². The first-order valence-corrected chi connectivity index (χ1v) is 11.7. The van der Waals surface area contributed by atoms with Gasteiger partial charge >= 0.3 is 0 Å². The maximum absolute atomic E-state index is 13.1. The average molecular weight is 500 g/mol. The Morgan fingerprint density at radius 3 is 2.57 bits per heavy atom. The lowest BCUT2D eigenvalue weighted by atomic mass is 10.1. The topological polar surface area (TPSA) is 113 Å². The van der Waals surface area contributed by atoms with Crippen LogP contribution < -0.4 is 15.8 Å². The minimum atomic E-state index is -0.355. The minimum absolute atomic E-state index is 0.272. The van der Waals surface area contributed by atoms with Gasteiger partial charge in [0.05, 0.1) is 26.0 Å². The van der Waals surface area contributed by atoms with Crippen LogP contribution in [-0.4, -0.2) is 37.3 Å². The SMILES string of the molecule is COc1cc2c(N)nccc2cc1CNC(=O)c1cn(Cc2ccc(Cn3cc(F)cn3)cc2)c(C)n1. The second-order valence-electron chi connectivity index (χ2n) is 8.74. The van der Waals surface area contributed by atoms with Crippen molar-refractivity contribution in [1.29, 1.82) is 0 Å². The number of hydrogen-bond acceptors (Lipinski definition) is 6. The van der Waals surface area contributed by atoms with Gasteiger partial charge in [-0.1, -0.05) is 24.3 Å². The van der Waals surface area contributed by atoms with Crippen LogP contribution in [-0.2, 0) is 19.6 Å². The molecule has 5 rings (SSSR count). The van der Waals surface area contributed by atoms with Crippen molar-refractivity contribution in [1.82, 2.24) is 29.6 Å². The number of benzene rings is 2. The van der Waals surface area contributed by atoms with E-state index in [0.29, 0.717) is 30.4 Å². The number of aromatic nitrogens is 5. The molecular formula is C27H26FN7O2. The van der Waals surface area contributed by atoms with E-state index in [1.54, 1.807) is 24.2 Å². The first-order chi connectivity index (χ1) is 17.9. The number of anilines is 1. The van der Waals surface area contributed by atoms with Gasteiger partial charge in [0.2, 0.25) is 0 Å². The first kappa shape index (κ1) is 24.0. The summed E-state index contributed by atoms with van der Waals surface area (Å²) in [6.45, 7) is 3.19. The second-order valence-corrected chi connectivity index (χ2v) is 8.74. The molecule has 0 bridgehead atoms. The van der Waals surface area contributed by atoms with Gasteiger partial charge in [-0.15, -0.1) is 0 Å². The van der Waals surface area contributed by atoms with Gasteiger partial charge in [0.25, 0.3) is 5.91 Å². The summed E-state index contributed by atoms with van der Waals surface area (Å²) in [5, 5.41) is 8.61. The van der Waals surface area contributed by atoms with E-state index in [-0.39, 0.29) is 18.3 Å². The molecular weight excluding hydrogens is 473 g/mol. The number of pyridine rings is 1. The number of carbonyl (C=O) groups is 1. The summed E-state index contributed by atoms with van der Waals surface area (Å²) in [5.74, 6) is 1.14. The predicted octanol–water partition coefficient (Wildman–Crippen LogP) is 3.69. The summed E-state index contributed by atoms with van der Waals surface area (Å²) in [6, 6.07) is 13.6. The van der Waals surface area contributed by atoms with E-state index in [1.807, 2.05) is 54.0 Å². The fraction of sp³-hybridized carbons (Fsp3) is 0.185. The molecule has 0 aliphatic heterocycles. The van der Waals surface area contributed by atoms with E-state index in [9.17, 15) is 9.18 Å². The highest BCUT2D eigenvalue weighted by molar-refractivity contribution is 5.94. The van der Waals surface area contributed by atoms with Crippen molar-refractivity contribution in [3.8, 4) is 5.75 Å². The number of rotatable bonds is 8. The maximum atomic E-state index is 13.1. The van der Waals surface area contributed by atoms with Crippen molar-refractivity contribution in [2.75, 3.05) is 12.8 Å². The van der Waals surface area contributed by atoms with Crippen LogP contribution in [0.1, 0.15) is 33.0 Å². The molecule has 0 saturated heterocycles. The van der Waals surface area contributed by atoms with E-state index < -0.39 is 0 Å². The van der Waals surface area contributed by atoms with E-state index >= 15 is 0 Å². The number of nitrogen functional groups attached to an aromatic ring is 1. The third kappa shape index (κ3) is 5.27. The summed E-state index contributed by atoms with van der Waals surface area (Å²) in [5.41, 5.74) is 9.20. The normalized spacial score (nSPS) is 11.1. The molecule has 0 fully saturated rings. The highest BCUT2D eigenvalue weighted by atomic mass is 19.1. The van der Waals surface area contributed by atoms with Crippen LogP contribution in [0, 0.1) is 12.7 Å². The number of carbonyl (C=O) groups excluding carboxylic acids is 1. The molecule has 0 atom stereocenters. The highest BCUT2D eigenvalue weighted by Crippen LogP contribution is 2.28. The van der Waals surface area contributed by atoms with Crippen molar-refractivity contribution < 1.29 is 13.9 Å². The Kier molecular flexibility index (Phi) is 6.55.